The molecule has 9 heteroatoms. The molecule has 0 saturated carbocycles. The first kappa shape index (κ1) is 21.4. The minimum atomic E-state index is -3.74. The predicted molar refractivity (Wildman–Crippen MR) is 106 cm³/mol. The minimum Gasteiger partial charge on any atom is -0.495 e. The fourth-order valence-electron chi connectivity index (χ4n) is 2.36. The molecule has 0 aromatic heterocycles. The standard InChI is InChI=1S/C19H23N3O5S/c1-22(2)28(25,26)17-13-15(9-10-16(17)27-3)21-18(23)11-12-20-19(24)14-7-5-4-6-8-14/h4-10,13H,11-12H2,1-3H3,(H,20,24)(H,21,23). The van der Waals surface area contributed by atoms with Crippen LogP contribution in [0.1, 0.15) is 16.8 Å². The van der Waals surface area contributed by atoms with Gasteiger partial charge in [-0.25, -0.2) is 12.7 Å². The van der Waals surface area contributed by atoms with Crippen molar-refractivity contribution >= 4 is 27.5 Å². The van der Waals surface area contributed by atoms with Crippen LogP contribution in [0.3, 0.4) is 0 Å². The average molecular weight is 405 g/mol. The van der Waals surface area contributed by atoms with Gasteiger partial charge in [-0.05, 0) is 30.3 Å². The fraction of sp³-hybridized carbons (Fsp3) is 0.263. The molecular weight excluding hydrogens is 382 g/mol. The van der Waals surface area contributed by atoms with Crippen molar-refractivity contribution in [2.75, 3.05) is 33.1 Å². The number of nitrogens with zero attached hydrogens (tertiary/aromatic N) is 1. The summed E-state index contributed by atoms with van der Waals surface area (Å²) in [5, 5.41) is 5.29. The molecule has 0 fully saturated rings. The van der Waals surface area contributed by atoms with E-state index in [4.69, 9.17) is 4.74 Å². The molecule has 0 aliphatic rings. The van der Waals surface area contributed by atoms with Gasteiger partial charge in [0.05, 0.1) is 7.11 Å². The summed E-state index contributed by atoms with van der Waals surface area (Å²) >= 11 is 0. The summed E-state index contributed by atoms with van der Waals surface area (Å²) in [5.41, 5.74) is 0.831. The summed E-state index contributed by atoms with van der Waals surface area (Å²) in [6, 6.07) is 13.0. The zero-order valence-electron chi connectivity index (χ0n) is 15.9. The van der Waals surface area contributed by atoms with Crippen molar-refractivity contribution in [3.8, 4) is 5.75 Å². The van der Waals surface area contributed by atoms with E-state index in [0.29, 0.717) is 11.3 Å². The Balaban J connectivity index is 1.99. The molecule has 2 N–H and O–H groups in total. The van der Waals surface area contributed by atoms with Crippen LogP contribution < -0.4 is 15.4 Å². The Hall–Kier alpha value is -2.91. The van der Waals surface area contributed by atoms with Crippen molar-refractivity contribution in [3.05, 3.63) is 54.1 Å². The van der Waals surface area contributed by atoms with Gasteiger partial charge in [0.15, 0.2) is 0 Å². The number of hydrogen-bond donors (Lipinski definition) is 2. The monoisotopic (exact) mass is 405 g/mol. The van der Waals surface area contributed by atoms with E-state index >= 15 is 0 Å². The normalized spacial score (nSPS) is 11.1. The molecular formula is C19H23N3O5S. The van der Waals surface area contributed by atoms with Crippen molar-refractivity contribution in [1.82, 2.24) is 9.62 Å². The number of anilines is 1. The third kappa shape index (κ3) is 5.30. The largest absolute Gasteiger partial charge is 0.495 e. The van der Waals surface area contributed by atoms with Gasteiger partial charge < -0.3 is 15.4 Å². The lowest BCUT2D eigenvalue weighted by atomic mass is 10.2. The van der Waals surface area contributed by atoms with Gasteiger partial charge in [0.25, 0.3) is 5.91 Å². The Morgan fingerprint density at radius 1 is 1.07 bits per heavy atom. The molecule has 0 saturated heterocycles. The number of amides is 2. The second-order valence-electron chi connectivity index (χ2n) is 6.07. The van der Waals surface area contributed by atoms with Crippen molar-refractivity contribution in [3.63, 3.8) is 0 Å². The number of nitrogens with one attached hydrogen (secondary N) is 2. The third-order valence-electron chi connectivity index (χ3n) is 3.88. The molecule has 150 valence electrons. The number of sulfonamides is 1. The van der Waals surface area contributed by atoms with Gasteiger partial charge in [0, 0.05) is 38.3 Å². The van der Waals surface area contributed by atoms with Gasteiger partial charge in [0.1, 0.15) is 10.6 Å². The van der Waals surface area contributed by atoms with Crippen LogP contribution in [0.25, 0.3) is 0 Å². The fourth-order valence-corrected chi connectivity index (χ4v) is 3.43. The Labute approximate surface area is 164 Å². The van der Waals surface area contributed by atoms with Gasteiger partial charge in [0.2, 0.25) is 15.9 Å². The number of carbonyl (C=O) groups is 2. The van der Waals surface area contributed by atoms with Gasteiger partial charge in [-0.2, -0.15) is 0 Å². The van der Waals surface area contributed by atoms with Crippen LogP contribution in [0.4, 0.5) is 5.69 Å². The molecule has 2 amide bonds. The van der Waals surface area contributed by atoms with Crippen LogP contribution in [0.5, 0.6) is 5.75 Å². The van der Waals surface area contributed by atoms with Crippen LogP contribution >= 0.6 is 0 Å². The molecule has 0 bridgehead atoms. The highest BCUT2D eigenvalue weighted by Gasteiger charge is 2.23. The van der Waals surface area contributed by atoms with Crippen molar-refractivity contribution in [2.45, 2.75) is 11.3 Å². The van der Waals surface area contributed by atoms with E-state index in [0.717, 1.165) is 4.31 Å². The van der Waals surface area contributed by atoms with Crippen LogP contribution in [0.15, 0.2) is 53.4 Å². The minimum absolute atomic E-state index is 0.0420. The van der Waals surface area contributed by atoms with E-state index in [9.17, 15) is 18.0 Å². The number of ether oxygens (including phenoxy) is 1. The smallest absolute Gasteiger partial charge is 0.251 e. The van der Waals surface area contributed by atoms with Crippen LogP contribution in [-0.2, 0) is 14.8 Å². The summed E-state index contributed by atoms with van der Waals surface area (Å²) in [6.07, 6.45) is 0.0420. The first-order chi connectivity index (χ1) is 13.3. The highest BCUT2D eigenvalue weighted by atomic mass is 32.2. The molecule has 0 heterocycles. The number of methoxy groups -OCH3 is 1. The first-order valence-electron chi connectivity index (χ1n) is 8.49. The number of benzene rings is 2. The Morgan fingerprint density at radius 2 is 1.75 bits per heavy atom. The van der Waals surface area contributed by atoms with E-state index in [1.807, 2.05) is 6.07 Å². The Morgan fingerprint density at radius 3 is 2.36 bits per heavy atom. The maximum absolute atomic E-state index is 12.4. The van der Waals surface area contributed by atoms with Gasteiger partial charge in [-0.15, -0.1) is 0 Å². The molecule has 0 unspecified atom stereocenters. The van der Waals surface area contributed by atoms with E-state index in [2.05, 4.69) is 10.6 Å². The third-order valence-corrected chi connectivity index (χ3v) is 5.72. The Kier molecular flexibility index (Phi) is 7.13. The number of carbonyl (C=O) groups excluding carboxylic acids is 2. The topological polar surface area (TPSA) is 105 Å². The maximum Gasteiger partial charge on any atom is 0.251 e. The zero-order valence-corrected chi connectivity index (χ0v) is 16.7. The van der Waals surface area contributed by atoms with E-state index < -0.39 is 10.0 Å². The van der Waals surface area contributed by atoms with Gasteiger partial charge in [-0.1, -0.05) is 18.2 Å². The molecule has 0 radical (unpaired) electrons. The summed E-state index contributed by atoms with van der Waals surface area (Å²) in [4.78, 5) is 24.0. The summed E-state index contributed by atoms with van der Waals surface area (Å²) in [6.45, 7) is 0.151. The van der Waals surface area contributed by atoms with E-state index in [-0.39, 0.29) is 35.4 Å². The molecule has 8 nitrogen and oxygen atoms in total. The lowest BCUT2D eigenvalue weighted by molar-refractivity contribution is -0.116. The molecule has 0 aliphatic carbocycles. The van der Waals surface area contributed by atoms with Crippen molar-refractivity contribution < 1.29 is 22.7 Å². The highest BCUT2D eigenvalue weighted by molar-refractivity contribution is 7.89. The summed E-state index contributed by atoms with van der Waals surface area (Å²) in [7, 11) is 0.460. The van der Waals surface area contributed by atoms with E-state index in [1.54, 1.807) is 30.3 Å². The van der Waals surface area contributed by atoms with E-state index in [1.165, 1.54) is 33.3 Å². The van der Waals surface area contributed by atoms with Crippen molar-refractivity contribution in [1.29, 1.82) is 0 Å². The lowest BCUT2D eigenvalue weighted by Crippen LogP contribution is -2.27. The Bertz CT molecular complexity index is 943. The molecule has 2 aromatic carbocycles. The number of rotatable bonds is 8. The highest BCUT2D eigenvalue weighted by Crippen LogP contribution is 2.28. The molecule has 2 aromatic rings. The van der Waals surface area contributed by atoms with Crippen molar-refractivity contribution in [2.24, 2.45) is 0 Å². The first-order valence-corrected chi connectivity index (χ1v) is 9.93. The second kappa shape index (κ2) is 9.34. The maximum atomic E-state index is 12.4. The molecule has 0 spiro atoms. The molecule has 0 atom stereocenters. The van der Waals surface area contributed by atoms with Gasteiger partial charge >= 0.3 is 0 Å². The molecule has 2 rings (SSSR count). The number of hydrogen-bond acceptors (Lipinski definition) is 5. The summed E-state index contributed by atoms with van der Waals surface area (Å²) in [5.74, 6) is -0.439. The van der Waals surface area contributed by atoms with Crippen LogP contribution in [0, 0.1) is 0 Å². The van der Waals surface area contributed by atoms with Crippen LogP contribution in [0.2, 0.25) is 0 Å². The quantitative estimate of drug-likeness (QED) is 0.696. The SMILES string of the molecule is COc1ccc(NC(=O)CCNC(=O)c2ccccc2)cc1S(=O)(=O)N(C)C. The lowest BCUT2D eigenvalue weighted by Gasteiger charge is -2.16. The van der Waals surface area contributed by atoms with Crippen LogP contribution in [-0.4, -0.2) is 52.3 Å². The van der Waals surface area contributed by atoms with Gasteiger partial charge in [-0.3, -0.25) is 9.59 Å². The average Bonchev–Trinajstić information content (AvgIpc) is 2.68. The second-order valence-corrected chi connectivity index (χ2v) is 8.19. The molecule has 0 aliphatic heterocycles. The predicted octanol–water partition coefficient (Wildman–Crippen LogP) is 1.70. The molecule has 28 heavy (non-hydrogen) atoms. The zero-order chi connectivity index (χ0) is 20.7. The summed E-state index contributed by atoms with van der Waals surface area (Å²) < 4.78 is 31.0.